The second-order valence-corrected chi connectivity index (χ2v) is 8.20. The highest BCUT2D eigenvalue weighted by Gasteiger charge is 2.30. The Hall–Kier alpha value is -4.20. The molecule has 0 saturated carbocycles. The number of nitrogens with one attached hydrogen (secondary N) is 2. The lowest BCUT2D eigenvalue weighted by molar-refractivity contribution is -0.139. The minimum absolute atomic E-state index is 0.0576. The molecule has 4 rings (SSSR count). The van der Waals surface area contributed by atoms with Gasteiger partial charge in [0.25, 0.3) is 0 Å². The number of ether oxygens (including phenoxy) is 1. The Morgan fingerprint density at radius 1 is 1.00 bits per heavy atom. The standard InChI is InChI=1S/C26H25N3O5/c1-15-11-12-27-16(2)24(15)29-25(32)22(13-23(30)31)28-26(33)34-14-21-19-9-5-3-7-17(19)18-8-4-6-10-20(18)21/h3-12,21-22H,13-14H2,1-2H3,(H,28,33)(H,29,32)(H,30,31). The molecule has 1 aliphatic rings. The van der Waals surface area contributed by atoms with Gasteiger partial charge >= 0.3 is 12.1 Å². The van der Waals surface area contributed by atoms with Gasteiger partial charge in [0, 0.05) is 12.1 Å². The van der Waals surface area contributed by atoms with Crippen molar-refractivity contribution in [3.8, 4) is 11.1 Å². The van der Waals surface area contributed by atoms with E-state index in [1.165, 1.54) is 0 Å². The number of hydrogen-bond donors (Lipinski definition) is 3. The van der Waals surface area contributed by atoms with E-state index >= 15 is 0 Å². The first-order valence-corrected chi connectivity index (χ1v) is 10.9. The van der Waals surface area contributed by atoms with E-state index in [1.54, 1.807) is 26.1 Å². The molecule has 3 N–H and O–H groups in total. The number of rotatable bonds is 7. The summed E-state index contributed by atoms with van der Waals surface area (Å²) >= 11 is 0. The number of aliphatic carboxylic acids is 1. The maximum absolute atomic E-state index is 12.8. The minimum atomic E-state index is -1.31. The van der Waals surface area contributed by atoms with Gasteiger partial charge < -0.3 is 20.5 Å². The molecule has 174 valence electrons. The van der Waals surface area contributed by atoms with Crippen molar-refractivity contribution in [1.82, 2.24) is 10.3 Å². The van der Waals surface area contributed by atoms with Crippen LogP contribution in [0.5, 0.6) is 0 Å². The maximum atomic E-state index is 12.8. The Labute approximate surface area is 197 Å². The van der Waals surface area contributed by atoms with Crippen LogP contribution >= 0.6 is 0 Å². The third-order valence-electron chi connectivity index (χ3n) is 5.93. The number of hydrogen-bond acceptors (Lipinski definition) is 5. The van der Waals surface area contributed by atoms with E-state index in [4.69, 9.17) is 4.74 Å². The van der Waals surface area contributed by atoms with E-state index in [9.17, 15) is 19.5 Å². The largest absolute Gasteiger partial charge is 0.481 e. The van der Waals surface area contributed by atoms with Gasteiger partial charge in [0.15, 0.2) is 0 Å². The zero-order valence-corrected chi connectivity index (χ0v) is 18.9. The molecule has 34 heavy (non-hydrogen) atoms. The molecule has 0 aliphatic heterocycles. The van der Waals surface area contributed by atoms with Gasteiger partial charge in [-0.1, -0.05) is 48.5 Å². The number of anilines is 1. The first-order chi connectivity index (χ1) is 16.3. The van der Waals surface area contributed by atoms with Crippen LogP contribution in [0.4, 0.5) is 10.5 Å². The van der Waals surface area contributed by atoms with E-state index < -0.39 is 30.4 Å². The van der Waals surface area contributed by atoms with Crippen molar-refractivity contribution in [2.75, 3.05) is 11.9 Å². The topological polar surface area (TPSA) is 118 Å². The molecule has 0 spiro atoms. The van der Waals surface area contributed by atoms with Crippen LogP contribution in [0.2, 0.25) is 0 Å². The van der Waals surface area contributed by atoms with Crippen molar-refractivity contribution in [2.45, 2.75) is 32.2 Å². The smallest absolute Gasteiger partial charge is 0.407 e. The summed E-state index contributed by atoms with van der Waals surface area (Å²) in [7, 11) is 0. The normalized spacial score (nSPS) is 12.9. The lowest BCUT2D eigenvalue weighted by Gasteiger charge is -2.19. The number of pyridine rings is 1. The lowest BCUT2D eigenvalue weighted by Crippen LogP contribution is -2.45. The molecule has 1 aliphatic carbocycles. The van der Waals surface area contributed by atoms with E-state index in [-0.39, 0.29) is 12.5 Å². The molecule has 3 aromatic rings. The Morgan fingerprint density at radius 2 is 1.62 bits per heavy atom. The van der Waals surface area contributed by atoms with Gasteiger partial charge in [0.05, 0.1) is 17.8 Å². The van der Waals surface area contributed by atoms with Gasteiger partial charge in [-0.05, 0) is 47.7 Å². The van der Waals surface area contributed by atoms with Crippen molar-refractivity contribution >= 4 is 23.7 Å². The van der Waals surface area contributed by atoms with Gasteiger partial charge in [-0.2, -0.15) is 0 Å². The van der Waals surface area contributed by atoms with Crippen LogP contribution < -0.4 is 10.6 Å². The molecule has 2 aromatic carbocycles. The summed E-state index contributed by atoms with van der Waals surface area (Å²) < 4.78 is 5.46. The third kappa shape index (κ3) is 4.76. The number of carbonyl (C=O) groups is 3. The highest BCUT2D eigenvalue weighted by Crippen LogP contribution is 2.44. The van der Waals surface area contributed by atoms with Crippen LogP contribution in [0.25, 0.3) is 11.1 Å². The zero-order valence-electron chi connectivity index (χ0n) is 18.9. The molecule has 1 aromatic heterocycles. The molecular formula is C26H25N3O5. The summed E-state index contributed by atoms with van der Waals surface area (Å²) in [6.45, 7) is 3.59. The minimum Gasteiger partial charge on any atom is -0.481 e. The summed E-state index contributed by atoms with van der Waals surface area (Å²) in [5, 5.41) is 14.3. The van der Waals surface area contributed by atoms with Gasteiger partial charge in [0.1, 0.15) is 12.6 Å². The van der Waals surface area contributed by atoms with Crippen LogP contribution in [-0.4, -0.2) is 40.7 Å². The lowest BCUT2D eigenvalue weighted by atomic mass is 9.98. The second kappa shape index (κ2) is 9.74. The van der Waals surface area contributed by atoms with Gasteiger partial charge in [0.2, 0.25) is 5.91 Å². The first-order valence-electron chi connectivity index (χ1n) is 10.9. The molecule has 0 saturated heterocycles. The molecule has 1 atom stereocenters. The fourth-order valence-corrected chi connectivity index (χ4v) is 4.26. The number of carboxylic acids is 1. The number of aromatic nitrogens is 1. The molecular weight excluding hydrogens is 434 g/mol. The van der Waals surface area contributed by atoms with Gasteiger partial charge in [-0.3, -0.25) is 14.6 Å². The van der Waals surface area contributed by atoms with E-state index in [1.807, 2.05) is 48.5 Å². The summed E-state index contributed by atoms with van der Waals surface area (Å²) in [6, 6.07) is 16.3. The van der Waals surface area contributed by atoms with Crippen LogP contribution in [-0.2, 0) is 14.3 Å². The quantitative estimate of drug-likeness (QED) is 0.491. The molecule has 1 unspecified atom stereocenters. The summed E-state index contributed by atoms with van der Waals surface area (Å²) in [6.07, 6.45) is 0.168. The van der Waals surface area contributed by atoms with Crippen molar-refractivity contribution in [3.05, 3.63) is 83.2 Å². The Kier molecular flexibility index (Phi) is 6.58. The van der Waals surface area contributed by atoms with Crippen molar-refractivity contribution in [1.29, 1.82) is 0 Å². The van der Waals surface area contributed by atoms with Gasteiger partial charge in [-0.15, -0.1) is 0 Å². The number of carboxylic acid groups (broad SMARTS) is 1. The number of fused-ring (bicyclic) bond motifs is 3. The zero-order chi connectivity index (χ0) is 24.2. The molecule has 2 amide bonds. The van der Waals surface area contributed by atoms with E-state index in [2.05, 4.69) is 15.6 Å². The summed E-state index contributed by atoms with van der Waals surface area (Å²) in [5.41, 5.74) is 6.14. The van der Waals surface area contributed by atoms with Crippen molar-refractivity contribution in [2.24, 2.45) is 0 Å². The average molecular weight is 460 g/mol. The summed E-state index contributed by atoms with van der Waals surface area (Å²) in [4.78, 5) is 40.9. The fourth-order valence-electron chi connectivity index (χ4n) is 4.26. The predicted molar refractivity (Wildman–Crippen MR) is 127 cm³/mol. The molecule has 1 heterocycles. The molecule has 8 heteroatoms. The first kappa shape index (κ1) is 23.0. The second-order valence-electron chi connectivity index (χ2n) is 8.20. The highest BCUT2D eigenvalue weighted by atomic mass is 16.5. The van der Waals surface area contributed by atoms with Crippen LogP contribution in [0, 0.1) is 13.8 Å². The van der Waals surface area contributed by atoms with Crippen molar-refractivity contribution < 1.29 is 24.2 Å². The highest BCUT2D eigenvalue weighted by molar-refractivity contribution is 5.99. The average Bonchev–Trinajstić information content (AvgIpc) is 3.13. The van der Waals surface area contributed by atoms with Crippen LogP contribution in [0.3, 0.4) is 0 Å². The van der Waals surface area contributed by atoms with Gasteiger partial charge in [-0.25, -0.2) is 4.79 Å². The predicted octanol–water partition coefficient (Wildman–Crippen LogP) is 4.02. The number of amides is 2. The SMILES string of the molecule is Cc1ccnc(C)c1NC(=O)C(CC(=O)O)NC(=O)OCC1c2ccccc2-c2ccccc21. The third-order valence-corrected chi connectivity index (χ3v) is 5.93. The Balaban J connectivity index is 1.45. The number of alkyl carbamates (subject to hydrolysis) is 1. The monoisotopic (exact) mass is 459 g/mol. The van der Waals surface area contributed by atoms with Crippen LogP contribution in [0.15, 0.2) is 60.8 Å². The molecule has 0 bridgehead atoms. The van der Waals surface area contributed by atoms with Crippen molar-refractivity contribution in [3.63, 3.8) is 0 Å². The maximum Gasteiger partial charge on any atom is 0.407 e. The molecule has 0 fully saturated rings. The number of nitrogens with zero attached hydrogens (tertiary/aromatic N) is 1. The van der Waals surface area contributed by atoms with E-state index in [0.717, 1.165) is 27.8 Å². The van der Waals surface area contributed by atoms with E-state index in [0.29, 0.717) is 11.4 Å². The number of benzene rings is 2. The molecule has 8 nitrogen and oxygen atoms in total. The van der Waals surface area contributed by atoms with Crippen LogP contribution in [0.1, 0.15) is 34.7 Å². The number of carbonyl (C=O) groups excluding carboxylic acids is 2. The molecule has 0 radical (unpaired) electrons. The fraction of sp³-hybridized carbons (Fsp3) is 0.231. The Bertz CT molecular complexity index is 1190. The number of aryl methyl sites for hydroxylation is 2. The summed E-state index contributed by atoms with van der Waals surface area (Å²) in [5.74, 6) is -2.03. The Morgan fingerprint density at radius 3 is 2.21 bits per heavy atom.